The van der Waals surface area contributed by atoms with Crippen molar-refractivity contribution in [2.75, 3.05) is 34.3 Å². The molecule has 0 spiro atoms. The van der Waals surface area contributed by atoms with E-state index in [-0.39, 0.29) is 6.04 Å². The number of aromatic nitrogens is 2. The van der Waals surface area contributed by atoms with Crippen LogP contribution in [-0.2, 0) is 11.3 Å². The zero-order valence-electron chi connectivity index (χ0n) is 12.8. The van der Waals surface area contributed by atoms with Crippen LogP contribution in [0.4, 0.5) is 0 Å². The third-order valence-electron chi connectivity index (χ3n) is 3.90. The number of nitrogens with zero attached hydrogens (tertiary/aromatic N) is 3. The van der Waals surface area contributed by atoms with E-state index in [0.29, 0.717) is 12.0 Å². The number of hydrogen-bond acceptors (Lipinski definition) is 4. The van der Waals surface area contributed by atoms with Crippen LogP contribution in [0.1, 0.15) is 25.1 Å². The molecule has 2 heterocycles. The van der Waals surface area contributed by atoms with Gasteiger partial charge in [0.25, 0.3) is 0 Å². The summed E-state index contributed by atoms with van der Waals surface area (Å²) in [5, 5.41) is 8.56. The zero-order chi connectivity index (χ0) is 14.7. The molecular formula is C14H25ClN4O. The van der Waals surface area contributed by atoms with Crippen LogP contribution in [0.2, 0.25) is 5.02 Å². The molecule has 2 rings (SSSR count). The van der Waals surface area contributed by atoms with Gasteiger partial charge in [0, 0.05) is 12.5 Å². The molecule has 20 heavy (non-hydrogen) atoms. The molecule has 1 saturated heterocycles. The SMILES string of the molecule is CNC(c1c(Cl)cnn1CCN(C)C)C1COC(C)C1. The summed E-state index contributed by atoms with van der Waals surface area (Å²) >= 11 is 6.37. The van der Waals surface area contributed by atoms with E-state index in [4.69, 9.17) is 16.3 Å². The summed E-state index contributed by atoms with van der Waals surface area (Å²) in [6, 6.07) is 0.192. The molecule has 114 valence electrons. The van der Waals surface area contributed by atoms with Crippen molar-refractivity contribution in [3.8, 4) is 0 Å². The minimum Gasteiger partial charge on any atom is -0.378 e. The van der Waals surface area contributed by atoms with Crippen molar-refractivity contribution in [3.63, 3.8) is 0 Å². The summed E-state index contributed by atoms with van der Waals surface area (Å²) in [6.45, 7) is 4.69. The fraction of sp³-hybridized carbons (Fsp3) is 0.786. The van der Waals surface area contributed by atoms with Crippen LogP contribution < -0.4 is 5.32 Å². The second kappa shape index (κ2) is 6.89. The number of halogens is 1. The third kappa shape index (κ3) is 3.52. The number of hydrogen-bond donors (Lipinski definition) is 1. The summed E-state index contributed by atoms with van der Waals surface area (Å²) in [7, 11) is 6.10. The van der Waals surface area contributed by atoms with Crippen LogP contribution in [0.5, 0.6) is 0 Å². The van der Waals surface area contributed by atoms with Crippen LogP contribution in [0, 0.1) is 5.92 Å². The molecular weight excluding hydrogens is 276 g/mol. The zero-order valence-corrected chi connectivity index (χ0v) is 13.5. The highest BCUT2D eigenvalue weighted by molar-refractivity contribution is 6.31. The predicted octanol–water partition coefficient (Wildman–Crippen LogP) is 1.78. The lowest BCUT2D eigenvalue weighted by Crippen LogP contribution is -2.30. The van der Waals surface area contributed by atoms with Gasteiger partial charge in [-0.2, -0.15) is 5.10 Å². The number of rotatable bonds is 6. The van der Waals surface area contributed by atoms with Gasteiger partial charge in [0.2, 0.25) is 0 Å². The topological polar surface area (TPSA) is 42.3 Å². The maximum Gasteiger partial charge on any atom is 0.0834 e. The van der Waals surface area contributed by atoms with E-state index in [2.05, 4.69) is 36.3 Å². The van der Waals surface area contributed by atoms with Crippen molar-refractivity contribution in [3.05, 3.63) is 16.9 Å². The van der Waals surface area contributed by atoms with E-state index < -0.39 is 0 Å². The van der Waals surface area contributed by atoms with Gasteiger partial charge in [-0.3, -0.25) is 4.68 Å². The van der Waals surface area contributed by atoms with Crippen molar-refractivity contribution >= 4 is 11.6 Å². The lowest BCUT2D eigenvalue weighted by atomic mass is 9.94. The predicted molar refractivity (Wildman–Crippen MR) is 81.1 cm³/mol. The molecule has 0 saturated carbocycles. The van der Waals surface area contributed by atoms with E-state index >= 15 is 0 Å². The third-order valence-corrected chi connectivity index (χ3v) is 4.19. The first-order valence-electron chi connectivity index (χ1n) is 7.17. The standard InChI is InChI=1S/C14H25ClN4O/c1-10-7-11(9-20-10)13(16-2)14-12(15)8-17-19(14)6-5-18(3)4/h8,10-11,13,16H,5-7,9H2,1-4H3. The second-order valence-corrected chi connectivity index (χ2v) is 6.22. The Balaban J connectivity index is 2.18. The Morgan fingerprint density at radius 1 is 1.60 bits per heavy atom. The van der Waals surface area contributed by atoms with Crippen molar-refractivity contribution in [2.45, 2.75) is 32.0 Å². The Kier molecular flexibility index (Phi) is 5.43. The second-order valence-electron chi connectivity index (χ2n) is 5.81. The van der Waals surface area contributed by atoms with Gasteiger partial charge >= 0.3 is 0 Å². The Morgan fingerprint density at radius 2 is 2.35 bits per heavy atom. The van der Waals surface area contributed by atoms with E-state index in [1.807, 2.05) is 11.7 Å². The van der Waals surface area contributed by atoms with Gasteiger partial charge in [-0.15, -0.1) is 0 Å². The van der Waals surface area contributed by atoms with Gasteiger partial charge < -0.3 is 15.0 Å². The van der Waals surface area contributed by atoms with Crippen LogP contribution in [0.3, 0.4) is 0 Å². The van der Waals surface area contributed by atoms with Crippen molar-refractivity contribution < 1.29 is 4.74 Å². The molecule has 1 aromatic heterocycles. The van der Waals surface area contributed by atoms with E-state index in [1.165, 1.54) is 0 Å². The highest BCUT2D eigenvalue weighted by Gasteiger charge is 2.33. The highest BCUT2D eigenvalue weighted by Crippen LogP contribution is 2.34. The number of nitrogens with one attached hydrogen (secondary N) is 1. The first-order valence-corrected chi connectivity index (χ1v) is 7.55. The molecule has 1 aliphatic rings. The summed E-state index contributed by atoms with van der Waals surface area (Å²) in [5.74, 6) is 0.447. The minimum absolute atomic E-state index is 0.192. The summed E-state index contributed by atoms with van der Waals surface area (Å²) in [4.78, 5) is 2.15. The normalized spacial score (nSPS) is 24.5. The molecule has 3 atom stereocenters. The fourth-order valence-corrected chi connectivity index (χ4v) is 3.09. The molecule has 0 aromatic carbocycles. The first kappa shape index (κ1) is 15.8. The van der Waals surface area contributed by atoms with Crippen LogP contribution in [0.15, 0.2) is 6.20 Å². The molecule has 0 radical (unpaired) electrons. The van der Waals surface area contributed by atoms with Crippen LogP contribution >= 0.6 is 11.6 Å². The summed E-state index contributed by atoms with van der Waals surface area (Å²) in [5.41, 5.74) is 1.08. The lowest BCUT2D eigenvalue weighted by molar-refractivity contribution is 0.116. The molecule has 1 aliphatic heterocycles. The van der Waals surface area contributed by atoms with Gasteiger partial charge in [-0.25, -0.2) is 0 Å². The van der Waals surface area contributed by atoms with Crippen LogP contribution in [0.25, 0.3) is 0 Å². The van der Waals surface area contributed by atoms with Gasteiger partial charge in [0.05, 0.1) is 42.2 Å². The lowest BCUT2D eigenvalue weighted by Gasteiger charge is -2.24. The van der Waals surface area contributed by atoms with E-state index in [1.54, 1.807) is 6.20 Å². The Bertz CT molecular complexity index is 435. The molecule has 5 nitrogen and oxygen atoms in total. The number of ether oxygens (including phenoxy) is 1. The largest absolute Gasteiger partial charge is 0.378 e. The maximum absolute atomic E-state index is 6.37. The van der Waals surface area contributed by atoms with Gasteiger partial charge in [0.1, 0.15) is 0 Å². The highest BCUT2D eigenvalue weighted by atomic mass is 35.5. The van der Waals surface area contributed by atoms with Gasteiger partial charge in [0.15, 0.2) is 0 Å². The first-order chi connectivity index (χ1) is 9.52. The average molecular weight is 301 g/mol. The van der Waals surface area contributed by atoms with E-state index in [0.717, 1.165) is 36.8 Å². The maximum atomic E-state index is 6.37. The van der Waals surface area contributed by atoms with Crippen molar-refractivity contribution in [2.24, 2.45) is 5.92 Å². The smallest absolute Gasteiger partial charge is 0.0834 e. The monoisotopic (exact) mass is 300 g/mol. The van der Waals surface area contributed by atoms with Crippen molar-refractivity contribution in [1.82, 2.24) is 20.0 Å². The van der Waals surface area contributed by atoms with Crippen molar-refractivity contribution in [1.29, 1.82) is 0 Å². The molecule has 1 N–H and O–H groups in total. The molecule has 0 aliphatic carbocycles. The van der Waals surface area contributed by atoms with Gasteiger partial charge in [-0.05, 0) is 34.5 Å². The quantitative estimate of drug-likeness (QED) is 0.870. The average Bonchev–Trinajstić information content (AvgIpc) is 2.97. The summed E-state index contributed by atoms with van der Waals surface area (Å²) in [6.07, 6.45) is 3.13. The Morgan fingerprint density at radius 3 is 2.90 bits per heavy atom. The fourth-order valence-electron chi connectivity index (χ4n) is 2.83. The Hall–Kier alpha value is -0.620. The Labute approximate surface area is 126 Å². The minimum atomic E-state index is 0.192. The molecule has 1 aromatic rings. The molecule has 1 fully saturated rings. The molecule has 0 amide bonds. The number of likely N-dealkylation sites (N-methyl/N-ethyl adjacent to an activating group) is 1. The molecule has 3 unspecified atom stereocenters. The summed E-state index contributed by atoms with van der Waals surface area (Å²) < 4.78 is 7.72. The molecule has 6 heteroatoms. The van der Waals surface area contributed by atoms with Gasteiger partial charge in [-0.1, -0.05) is 11.6 Å². The molecule has 0 bridgehead atoms. The van der Waals surface area contributed by atoms with Crippen LogP contribution in [-0.4, -0.2) is 55.1 Å². The van der Waals surface area contributed by atoms with E-state index in [9.17, 15) is 0 Å².